The number of hydrogen-bond donors (Lipinski definition) is 2. The van der Waals surface area contributed by atoms with Crippen molar-refractivity contribution in [1.82, 2.24) is 15.3 Å². The van der Waals surface area contributed by atoms with Gasteiger partial charge in [-0.25, -0.2) is 4.39 Å². The monoisotopic (exact) mass is 434 g/mol. The minimum atomic E-state index is -0.306. The van der Waals surface area contributed by atoms with Crippen molar-refractivity contribution < 1.29 is 9.18 Å². The van der Waals surface area contributed by atoms with Crippen LogP contribution in [-0.4, -0.2) is 35.5 Å². The molecule has 1 aliphatic heterocycles. The number of nitrogens with zero attached hydrogens (tertiary/aromatic N) is 2. The predicted molar refractivity (Wildman–Crippen MR) is 126 cm³/mol. The van der Waals surface area contributed by atoms with Crippen LogP contribution in [0.1, 0.15) is 72.3 Å². The van der Waals surface area contributed by atoms with Gasteiger partial charge in [-0.3, -0.25) is 9.78 Å². The van der Waals surface area contributed by atoms with Crippen molar-refractivity contribution >= 4 is 22.5 Å². The zero-order valence-corrected chi connectivity index (χ0v) is 18.7. The van der Waals surface area contributed by atoms with Gasteiger partial charge in [0.05, 0.1) is 11.9 Å². The van der Waals surface area contributed by atoms with Crippen molar-refractivity contribution in [3.8, 4) is 0 Å². The van der Waals surface area contributed by atoms with E-state index in [0.717, 1.165) is 29.7 Å². The fourth-order valence-corrected chi connectivity index (χ4v) is 4.95. The third-order valence-corrected chi connectivity index (χ3v) is 6.82. The van der Waals surface area contributed by atoms with Gasteiger partial charge in [0.15, 0.2) is 0 Å². The quantitative estimate of drug-likeness (QED) is 0.544. The summed E-state index contributed by atoms with van der Waals surface area (Å²) in [6.07, 6.45) is 9.73. The average molecular weight is 435 g/mol. The summed E-state index contributed by atoms with van der Waals surface area (Å²) in [5.41, 5.74) is 5.83. The molecule has 1 saturated heterocycles. The smallest absolute Gasteiger partial charge is 0.268 e. The molecule has 0 unspecified atom stereocenters. The second-order valence-corrected chi connectivity index (χ2v) is 9.08. The summed E-state index contributed by atoms with van der Waals surface area (Å²) >= 11 is 0. The van der Waals surface area contributed by atoms with Gasteiger partial charge >= 0.3 is 0 Å². The molecule has 2 N–H and O–H groups in total. The average Bonchev–Trinajstić information content (AvgIpc) is 3.60. The van der Waals surface area contributed by atoms with E-state index < -0.39 is 0 Å². The first-order valence-corrected chi connectivity index (χ1v) is 12.0. The van der Waals surface area contributed by atoms with Gasteiger partial charge in [-0.15, -0.1) is 0 Å². The van der Waals surface area contributed by atoms with Crippen LogP contribution in [0.25, 0.3) is 10.9 Å². The first-order chi connectivity index (χ1) is 15.6. The van der Waals surface area contributed by atoms with Crippen molar-refractivity contribution in [2.75, 3.05) is 24.5 Å². The molecular weight excluding hydrogens is 403 g/mol. The summed E-state index contributed by atoms with van der Waals surface area (Å²) in [4.78, 5) is 23.3. The van der Waals surface area contributed by atoms with Crippen molar-refractivity contribution in [2.45, 2.75) is 57.8 Å². The lowest BCUT2D eigenvalue weighted by Gasteiger charge is -2.29. The van der Waals surface area contributed by atoms with Crippen LogP contribution >= 0.6 is 0 Å². The molecule has 2 aromatic heterocycles. The molecule has 5 rings (SSSR count). The van der Waals surface area contributed by atoms with Gasteiger partial charge in [-0.1, -0.05) is 6.92 Å². The first-order valence-electron chi connectivity index (χ1n) is 12.0. The van der Waals surface area contributed by atoms with Crippen LogP contribution in [0, 0.1) is 5.82 Å². The second-order valence-electron chi connectivity index (χ2n) is 9.08. The molecule has 32 heavy (non-hydrogen) atoms. The number of rotatable bonds is 7. The Morgan fingerprint density at radius 2 is 2.03 bits per heavy atom. The zero-order valence-electron chi connectivity index (χ0n) is 18.7. The maximum absolute atomic E-state index is 13.6. The normalized spacial score (nSPS) is 16.5. The second kappa shape index (κ2) is 8.93. The van der Waals surface area contributed by atoms with E-state index >= 15 is 0 Å². The highest BCUT2D eigenvalue weighted by Gasteiger charge is 2.28. The highest BCUT2D eigenvalue weighted by molar-refractivity contribution is 6.01. The Labute approximate surface area is 188 Å². The van der Waals surface area contributed by atoms with Crippen LogP contribution in [0.15, 0.2) is 30.5 Å². The van der Waals surface area contributed by atoms with Gasteiger partial charge in [0.1, 0.15) is 11.5 Å². The standard InChI is InChI=1S/C26H31FN4O/c1-2-20-21-9-8-18(27)14-24(21)30-25(20)26(32)28-11-10-23-22(17-6-7-17)15-19(16-29-23)31-12-4-3-5-13-31/h8-9,14-17,30H,2-7,10-13H2,1H3,(H,28,32). The number of aryl methyl sites for hydroxylation is 1. The van der Waals surface area contributed by atoms with E-state index in [4.69, 9.17) is 4.98 Å². The Hall–Kier alpha value is -2.89. The molecule has 6 heteroatoms. The number of anilines is 1. The minimum absolute atomic E-state index is 0.142. The van der Waals surface area contributed by atoms with E-state index in [-0.39, 0.29) is 11.7 Å². The van der Waals surface area contributed by atoms with E-state index in [1.165, 1.54) is 55.5 Å². The van der Waals surface area contributed by atoms with Crippen LogP contribution in [0.3, 0.4) is 0 Å². The first kappa shape index (κ1) is 21.0. The highest BCUT2D eigenvalue weighted by atomic mass is 19.1. The Morgan fingerprint density at radius 1 is 1.22 bits per heavy atom. The lowest BCUT2D eigenvalue weighted by molar-refractivity contribution is 0.0949. The van der Waals surface area contributed by atoms with Gasteiger partial charge < -0.3 is 15.2 Å². The molecule has 0 bridgehead atoms. The summed E-state index contributed by atoms with van der Waals surface area (Å²) < 4.78 is 13.6. The van der Waals surface area contributed by atoms with Gasteiger partial charge in [0.25, 0.3) is 5.91 Å². The number of pyridine rings is 1. The molecule has 1 aromatic carbocycles. The van der Waals surface area contributed by atoms with E-state index in [1.54, 1.807) is 6.07 Å². The van der Waals surface area contributed by atoms with E-state index in [0.29, 0.717) is 36.5 Å². The number of hydrogen-bond acceptors (Lipinski definition) is 3. The number of benzene rings is 1. The van der Waals surface area contributed by atoms with Crippen molar-refractivity contribution in [2.24, 2.45) is 0 Å². The molecule has 0 spiro atoms. The van der Waals surface area contributed by atoms with Gasteiger partial charge in [-0.2, -0.15) is 0 Å². The topological polar surface area (TPSA) is 61.0 Å². The summed E-state index contributed by atoms with van der Waals surface area (Å²) in [7, 11) is 0. The maximum atomic E-state index is 13.6. The number of halogens is 1. The Kier molecular flexibility index (Phi) is 5.85. The predicted octanol–water partition coefficient (Wildman–Crippen LogP) is 5.10. The highest BCUT2D eigenvalue weighted by Crippen LogP contribution is 2.42. The number of aromatic amines is 1. The Balaban J connectivity index is 1.28. The summed E-state index contributed by atoms with van der Waals surface area (Å²) in [5.74, 6) is 0.171. The third kappa shape index (κ3) is 4.23. The summed E-state index contributed by atoms with van der Waals surface area (Å²) in [6, 6.07) is 6.97. The van der Waals surface area contributed by atoms with Gasteiger partial charge in [0, 0.05) is 42.7 Å². The lowest BCUT2D eigenvalue weighted by Crippen LogP contribution is -2.30. The van der Waals surface area contributed by atoms with Crippen LogP contribution in [-0.2, 0) is 12.8 Å². The number of H-pyrrole nitrogens is 1. The number of carbonyl (C=O) groups excluding carboxylic acids is 1. The van der Waals surface area contributed by atoms with Gasteiger partial charge in [-0.05, 0) is 79.8 Å². The largest absolute Gasteiger partial charge is 0.370 e. The van der Waals surface area contributed by atoms with Gasteiger partial charge in [0.2, 0.25) is 0 Å². The fraction of sp³-hybridized carbons (Fsp3) is 0.462. The fourth-order valence-electron chi connectivity index (χ4n) is 4.95. The molecule has 2 aliphatic rings. The van der Waals surface area contributed by atoms with Crippen molar-refractivity contribution in [3.05, 3.63) is 58.8 Å². The van der Waals surface area contributed by atoms with E-state index in [2.05, 4.69) is 21.3 Å². The Bertz CT molecular complexity index is 1130. The maximum Gasteiger partial charge on any atom is 0.268 e. The molecule has 0 atom stereocenters. The SMILES string of the molecule is CCc1c(C(=O)NCCc2ncc(N3CCCCC3)cc2C2CC2)[nH]c2cc(F)ccc12. The molecular formula is C26H31FN4O. The van der Waals surface area contributed by atoms with Crippen LogP contribution in [0.2, 0.25) is 0 Å². The minimum Gasteiger partial charge on any atom is -0.370 e. The molecule has 1 aliphatic carbocycles. The van der Waals surface area contributed by atoms with E-state index in [1.807, 2.05) is 13.1 Å². The number of carbonyl (C=O) groups is 1. The number of nitrogens with one attached hydrogen (secondary N) is 2. The summed E-state index contributed by atoms with van der Waals surface area (Å²) in [6.45, 7) is 4.78. The van der Waals surface area contributed by atoms with E-state index in [9.17, 15) is 9.18 Å². The Morgan fingerprint density at radius 3 is 2.78 bits per heavy atom. The molecule has 2 fully saturated rings. The summed E-state index contributed by atoms with van der Waals surface area (Å²) in [5, 5.41) is 3.96. The van der Waals surface area contributed by atoms with Crippen LogP contribution < -0.4 is 10.2 Å². The third-order valence-electron chi connectivity index (χ3n) is 6.82. The molecule has 0 radical (unpaired) electrons. The number of fused-ring (bicyclic) bond motifs is 1. The van der Waals surface area contributed by atoms with Crippen LogP contribution in [0.5, 0.6) is 0 Å². The molecule has 3 heterocycles. The molecule has 1 saturated carbocycles. The number of amides is 1. The number of aromatic nitrogens is 2. The number of piperidine rings is 1. The molecule has 1 amide bonds. The molecule has 3 aromatic rings. The molecule has 168 valence electrons. The lowest BCUT2D eigenvalue weighted by atomic mass is 10.0. The van der Waals surface area contributed by atoms with Crippen molar-refractivity contribution in [1.29, 1.82) is 0 Å². The zero-order chi connectivity index (χ0) is 22.1. The van der Waals surface area contributed by atoms with Crippen LogP contribution in [0.4, 0.5) is 10.1 Å². The molecule has 5 nitrogen and oxygen atoms in total. The van der Waals surface area contributed by atoms with Crippen molar-refractivity contribution in [3.63, 3.8) is 0 Å².